The molecule has 1 N–H and O–H groups in total. The summed E-state index contributed by atoms with van der Waals surface area (Å²) in [4.78, 5) is 31.2. The van der Waals surface area contributed by atoms with E-state index in [2.05, 4.69) is 18.8 Å². The molecular formula is C25H29N3O4S. The average molecular weight is 468 g/mol. The van der Waals surface area contributed by atoms with Crippen molar-refractivity contribution in [2.24, 2.45) is 11.8 Å². The molecule has 0 spiro atoms. The first-order chi connectivity index (χ1) is 15.7. The van der Waals surface area contributed by atoms with Gasteiger partial charge in [-0.05, 0) is 55.5 Å². The van der Waals surface area contributed by atoms with E-state index in [4.69, 9.17) is 0 Å². The normalized spacial score (nSPS) is 18.9. The first kappa shape index (κ1) is 23.0. The molecule has 2 atom stereocenters. The summed E-state index contributed by atoms with van der Waals surface area (Å²) >= 11 is 0. The van der Waals surface area contributed by atoms with Crippen LogP contribution >= 0.6 is 0 Å². The number of aromatic nitrogens is 1. The third-order valence-corrected chi connectivity index (χ3v) is 8.06. The fraction of sp³-hybridized carbons (Fsp3) is 0.360. The van der Waals surface area contributed by atoms with E-state index >= 15 is 0 Å². The Labute approximate surface area is 194 Å². The number of carbonyl (C=O) groups is 1. The fourth-order valence-corrected chi connectivity index (χ4v) is 6.23. The summed E-state index contributed by atoms with van der Waals surface area (Å²) in [7, 11) is -3.90. The molecule has 8 heteroatoms. The zero-order chi connectivity index (χ0) is 23.8. The molecule has 0 saturated carbocycles. The summed E-state index contributed by atoms with van der Waals surface area (Å²) in [5.74, 6) is 0.420. The Morgan fingerprint density at radius 2 is 1.76 bits per heavy atom. The van der Waals surface area contributed by atoms with Gasteiger partial charge >= 0.3 is 0 Å². The van der Waals surface area contributed by atoms with Crippen molar-refractivity contribution in [1.29, 1.82) is 0 Å². The van der Waals surface area contributed by atoms with Crippen LogP contribution in [-0.2, 0) is 10.0 Å². The summed E-state index contributed by atoms with van der Waals surface area (Å²) < 4.78 is 28.1. The minimum absolute atomic E-state index is 0.0102. The number of hydrogen-bond donors (Lipinski definition) is 1. The number of likely N-dealkylation sites (tertiary alicyclic amines) is 1. The van der Waals surface area contributed by atoms with Gasteiger partial charge in [0.25, 0.3) is 15.9 Å². The number of piperidine rings is 1. The van der Waals surface area contributed by atoms with Crippen LogP contribution in [0.15, 0.2) is 64.4 Å². The topological polar surface area (TPSA) is 90.6 Å². The number of carbonyl (C=O) groups excluding carboxylic acids is 1. The van der Waals surface area contributed by atoms with E-state index in [9.17, 15) is 18.0 Å². The Morgan fingerprint density at radius 1 is 1.09 bits per heavy atom. The summed E-state index contributed by atoms with van der Waals surface area (Å²) in [5.41, 5.74) is 0.609. The maximum Gasteiger partial charge on any atom is 0.264 e. The lowest BCUT2D eigenvalue weighted by molar-refractivity contribution is 0.0621. The number of nitrogens with one attached hydrogen (secondary N) is 1. The Bertz CT molecular complexity index is 1320. The standard InChI is InChI=1S/C25H29N3O4S/c1-4-28(19-8-6-5-7-9-19)33(31,32)20-10-11-23-21(13-20)24(29)22(14-26-23)25(30)27-15-17(2)12-18(3)16-27/h5-11,13-14,17-18H,4,12,15-16H2,1-3H3,(H,26,29)/t17-,18+. The molecule has 3 aromatic rings. The second-order valence-electron chi connectivity index (χ2n) is 8.90. The van der Waals surface area contributed by atoms with Crippen LogP contribution in [0.25, 0.3) is 10.9 Å². The number of nitrogens with zero attached hydrogens (tertiary/aromatic N) is 2. The van der Waals surface area contributed by atoms with Gasteiger partial charge in [0, 0.05) is 36.7 Å². The number of hydrogen-bond acceptors (Lipinski definition) is 4. The van der Waals surface area contributed by atoms with Crippen molar-refractivity contribution in [3.8, 4) is 0 Å². The Hall–Kier alpha value is -3.13. The molecule has 0 aliphatic carbocycles. The first-order valence-electron chi connectivity index (χ1n) is 11.2. The van der Waals surface area contributed by atoms with E-state index in [-0.39, 0.29) is 28.3 Å². The van der Waals surface area contributed by atoms with Gasteiger partial charge in [0.2, 0.25) is 5.43 Å². The summed E-state index contributed by atoms with van der Waals surface area (Å²) in [6.45, 7) is 7.42. The van der Waals surface area contributed by atoms with Gasteiger partial charge in [0.1, 0.15) is 5.56 Å². The van der Waals surface area contributed by atoms with E-state index in [0.717, 1.165) is 6.42 Å². The van der Waals surface area contributed by atoms with Crippen LogP contribution in [0.4, 0.5) is 5.69 Å². The largest absolute Gasteiger partial charge is 0.360 e. The molecule has 1 aliphatic heterocycles. The Balaban J connectivity index is 1.75. The van der Waals surface area contributed by atoms with Crippen molar-refractivity contribution >= 4 is 32.5 Å². The monoisotopic (exact) mass is 467 g/mol. The van der Waals surface area contributed by atoms with Crippen molar-refractivity contribution in [2.45, 2.75) is 32.1 Å². The van der Waals surface area contributed by atoms with Crippen molar-refractivity contribution in [3.05, 3.63) is 70.5 Å². The van der Waals surface area contributed by atoms with Gasteiger partial charge in [0.15, 0.2) is 0 Å². The third-order valence-electron chi connectivity index (χ3n) is 6.16. The number of aromatic amines is 1. The SMILES string of the molecule is CCN(c1ccccc1)S(=O)(=O)c1ccc2[nH]cc(C(=O)N3C[C@H](C)C[C@H](C)C3)c(=O)c2c1. The van der Waals surface area contributed by atoms with E-state index in [0.29, 0.717) is 36.1 Å². The molecule has 33 heavy (non-hydrogen) atoms. The Kier molecular flexibility index (Phi) is 6.30. The van der Waals surface area contributed by atoms with Crippen molar-refractivity contribution in [1.82, 2.24) is 9.88 Å². The molecular weight excluding hydrogens is 438 g/mol. The maximum absolute atomic E-state index is 13.4. The molecule has 0 unspecified atom stereocenters. The molecule has 1 fully saturated rings. The van der Waals surface area contributed by atoms with Gasteiger partial charge in [-0.1, -0.05) is 32.0 Å². The average Bonchev–Trinajstić information content (AvgIpc) is 2.79. The summed E-state index contributed by atoms with van der Waals surface area (Å²) in [5, 5.41) is 0.184. The number of anilines is 1. The summed E-state index contributed by atoms with van der Waals surface area (Å²) in [6, 6.07) is 13.3. The highest BCUT2D eigenvalue weighted by molar-refractivity contribution is 7.92. The molecule has 2 aromatic carbocycles. The van der Waals surface area contributed by atoms with Crippen LogP contribution in [0.2, 0.25) is 0 Å². The van der Waals surface area contributed by atoms with E-state index in [1.165, 1.54) is 22.6 Å². The van der Waals surface area contributed by atoms with Gasteiger partial charge in [-0.25, -0.2) is 8.42 Å². The second-order valence-corrected chi connectivity index (χ2v) is 10.8. The highest BCUT2D eigenvalue weighted by atomic mass is 32.2. The molecule has 0 bridgehead atoms. The molecule has 1 amide bonds. The van der Waals surface area contributed by atoms with Crippen LogP contribution in [0.5, 0.6) is 0 Å². The molecule has 174 valence electrons. The number of para-hydroxylation sites is 1. The molecule has 1 aromatic heterocycles. The lowest BCUT2D eigenvalue weighted by Crippen LogP contribution is -2.44. The first-order valence-corrected chi connectivity index (χ1v) is 12.7. The van der Waals surface area contributed by atoms with E-state index in [1.807, 2.05) is 6.07 Å². The molecule has 1 saturated heterocycles. The number of rotatable bonds is 5. The number of fused-ring (bicyclic) bond motifs is 1. The molecule has 4 rings (SSSR count). The van der Waals surface area contributed by atoms with Gasteiger partial charge in [0.05, 0.1) is 10.6 Å². The number of sulfonamides is 1. The van der Waals surface area contributed by atoms with Gasteiger partial charge in [-0.2, -0.15) is 0 Å². The molecule has 1 aliphatic rings. The number of benzene rings is 2. The quantitative estimate of drug-likeness (QED) is 0.617. The minimum Gasteiger partial charge on any atom is -0.360 e. The highest BCUT2D eigenvalue weighted by Crippen LogP contribution is 2.26. The van der Waals surface area contributed by atoms with Crippen LogP contribution in [-0.4, -0.2) is 43.8 Å². The number of pyridine rings is 1. The lowest BCUT2D eigenvalue weighted by atomic mass is 9.91. The predicted octanol–water partition coefficient (Wildman–Crippen LogP) is 3.86. The lowest BCUT2D eigenvalue weighted by Gasteiger charge is -2.34. The van der Waals surface area contributed by atoms with Gasteiger partial charge < -0.3 is 9.88 Å². The zero-order valence-electron chi connectivity index (χ0n) is 19.1. The van der Waals surface area contributed by atoms with Gasteiger partial charge in [-0.3, -0.25) is 13.9 Å². The molecule has 0 radical (unpaired) electrons. The molecule has 2 heterocycles. The van der Waals surface area contributed by atoms with Crippen LogP contribution in [0.1, 0.15) is 37.6 Å². The molecule has 7 nitrogen and oxygen atoms in total. The third kappa shape index (κ3) is 4.39. The number of H-pyrrole nitrogens is 1. The van der Waals surface area contributed by atoms with E-state index in [1.54, 1.807) is 42.2 Å². The maximum atomic E-state index is 13.4. The van der Waals surface area contributed by atoms with Crippen molar-refractivity contribution < 1.29 is 13.2 Å². The van der Waals surface area contributed by atoms with Crippen LogP contribution in [0, 0.1) is 11.8 Å². The fourth-order valence-electron chi connectivity index (χ4n) is 4.73. The van der Waals surface area contributed by atoms with Crippen molar-refractivity contribution in [2.75, 3.05) is 23.9 Å². The van der Waals surface area contributed by atoms with Crippen molar-refractivity contribution in [3.63, 3.8) is 0 Å². The van der Waals surface area contributed by atoms with E-state index < -0.39 is 15.5 Å². The Morgan fingerprint density at radius 3 is 2.39 bits per heavy atom. The van der Waals surface area contributed by atoms with Crippen LogP contribution in [0.3, 0.4) is 0 Å². The predicted molar refractivity (Wildman–Crippen MR) is 130 cm³/mol. The summed E-state index contributed by atoms with van der Waals surface area (Å²) in [6.07, 6.45) is 2.49. The minimum atomic E-state index is -3.90. The van der Waals surface area contributed by atoms with Gasteiger partial charge in [-0.15, -0.1) is 0 Å². The zero-order valence-corrected chi connectivity index (χ0v) is 19.9. The number of amides is 1. The second kappa shape index (κ2) is 9.02. The van der Waals surface area contributed by atoms with Crippen LogP contribution < -0.4 is 9.73 Å². The smallest absolute Gasteiger partial charge is 0.264 e. The highest BCUT2D eigenvalue weighted by Gasteiger charge is 2.29.